The van der Waals surface area contributed by atoms with Gasteiger partial charge >= 0.3 is 0 Å². The second kappa shape index (κ2) is 15.3. The maximum absolute atomic E-state index is 16.8. The number of sulfonamides is 1. The van der Waals surface area contributed by atoms with Crippen LogP contribution in [0.3, 0.4) is 0 Å². The van der Waals surface area contributed by atoms with Crippen molar-refractivity contribution in [2.45, 2.75) is 44.6 Å². The van der Waals surface area contributed by atoms with E-state index in [4.69, 9.17) is 32.7 Å². The molecule has 0 aliphatic heterocycles. The molecule has 4 aromatic carbocycles. The highest BCUT2D eigenvalue weighted by atomic mass is 35.5. The van der Waals surface area contributed by atoms with E-state index >= 15 is 4.39 Å². The summed E-state index contributed by atoms with van der Waals surface area (Å²) in [6.07, 6.45) is 2.29. The Morgan fingerprint density at radius 3 is 2.27 bits per heavy atom. The van der Waals surface area contributed by atoms with Gasteiger partial charge in [-0.3, -0.25) is 10.6 Å². The molecule has 1 aromatic heterocycles. The molecule has 3 atom stereocenters. The van der Waals surface area contributed by atoms with E-state index in [0.717, 1.165) is 37.5 Å². The molecule has 0 saturated heterocycles. The molecule has 1 aliphatic carbocycles. The second-order valence-electron chi connectivity index (χ2n) is 12.2. The molecule has 0 fully saturated rings. The molecule has 51 heavy (non-hydrogen) atoms. The van der Waals surface area contributed by atoms with E-state index in [1.54, 1.807) is 35.7 Å². The number of anilines is 1. The molecule has 13 heteroatoms. The molecule has 0 amide bonds. The van der Waals surface area contributed by atoms with Crippen LogP contribution >= 0.6 is 34.5 Å². The number of nitrogens with one attached hydrogen (secondary N) is 2. The summed E-state index contributed by atoms with van der Waals surface area (Å²) in [5, 5.41) is 11.7. The fraction of sp³-hybridized carbons (Fsp3) is 0.237. The first-order valence-corrected chi connectivity index (χ1v) is 19.2. The zero-order valence-corrected chi connectivity index (χ0v) is 31.5. The van der Waals surface area contributed by atoms with Gasteiger partial charge in [-0.1, -0.05) is 71.7 Å². The SMILES string of the molecule is COc1ccc(CN(c2nccs2)S(=O)(=O)C2=C(F)C[C@](NC(C)c3ccc(Cl)cc3)(NC(C)c3ccc4ccccc4c3)C(Cl)=C2)c(OC)c1. The van der Waals surface area contributed by atoms with Crippen molar-refractivity contribution in [2.24, 2.45) is 0 Å². The van der Waals surface area contributed by atoms with Gasteiger partial charge in [-0.2, -0.15) is 0 Å². The number of aromatic nitrogens is 1. The minimum absolute atomic E-state index is 0.0806. The van der Waals surface area contributed by atoms with E-state index in [9.17, 15) is 8.42 Å². The van der Waals surface area contributed by atoms with Crippen LogP contribution in [0, 0.1) is 0 Å². The first-order valence-electron chi connectivity index (χ1n) is 16.1. The Bertz CT molecular complexity index is 2200. The monoisotopic (exact) mass is 766 g/mol. The second-order valence-corrected chi connectivity index (χ2v) is 15.8. The van der Waals surface area contributed by atoms with Crippen LogP contribution in [0.5, 0.6) is 11.5 Å². The number of methoxy groups -OCH3 is 2. The summed E-state index contributed by atoms with van der Waals surface area (Å²) >= 11 is 14.4. The average Bonchev–Trinajstić information content (AvgIpc) is 3.66. The number of ether oxygens (including phenoxy) is 2. The lowest BCUT2D eigenvalue weighted by atomic mass is 9.94. The van der Waals surface area contributed by atoms with Crippen molar-refractivity contribution in [3.05, 3.63) is 140 Å². The maximum atomic E-state index is 16.8. The summed E-state index contributed by atoms with van der Waals surface area (Å²) in [4.78, 5) is 3.73. The third-order valence-corrected chi connectivity index (χ3v) is 12.3. The Hall–Kier alpha value is -3.97. The van der Waals surface area contributed by atoms with Gasteiger partial charge < -0.3 is 9.47 Å². The largest absolute Gasteiger partial charge is 0.497 e. The van der Waals surface area contributed by atoms with Gasteiger partial charge in [0.1, 0.15) is 27.9 Å². The first-order chi connectivity index (χ1) is 24.4. The minimum atomic E-state index is -4.54. The molecule has 1 aliphatic rings. The molecule has 2 unspecified atom stereocenters. The Kier molecular flexibility index (Phi) is 11.1. The predicted molar refractivity (Wildman–Crippen MR) is 205 cm³/mol. The summed E-state index contributed by atoms with van der Waals surface area (Å²) < 4.78 is 57.7. The topological polar surface area (TPSA) is 92.8 Å². The highest BCUT2D eigenvalue weighted by molar-refractivity contribution is 7.97. The van der Waals surface area contributed by atoms with Crippen molar-refractivity contribution < 1.29 is 22.3 Å². The van der Waals surface area contributed by atoms with Crippen LogP contribution in [0.25, 0.3) is 10.8 Å². The van der Waals surface area contributed by atoms with Crippen LogP contribution in [-0.4, -0.2) is 33.3 Å². The van der Waals surface area contributed by atoms with E-state index in [2.05, 4.69) is 21.7 Å². The normalized spacial score (nSPS) is 17.6. The van der Waals surface area contributed by atoms with Crippen LogP contribution in [-0.2, 0) is 16.6 Å². The smallest absolute Gasteiger partial charge is 0.269 e. The van der Waals surface area contributed by atoms with Gasteiger partial charge in [0, 0.05) is 46.7 Å². The lowest BCUT2D eigenvalue weighted by Gasteiger charge is -2.42. The zero-order chi connectivity index (χ0) is 36.3. The Labute approximate surface area is 311 Å². The van der Waals surface area contributed by atoms with Crippen molar-refractivity contribution in [3.63, 3.8) is 0 Å². The maximum Gasteiger partial charge on any atom is 0.269 e. The van der Waals surface area contributed by atoms with Crippen LogP contribution in [0.2, 0.25) is 5.02 Å². The highest BCUT2D eigenvalue weighted by Gasteiger charge is 2.44. The van der Waals surface area contributed by atoms with Crippen LogP contribution in [0.4, 0.5) is 9.52 Å². The molecule has 0 bridgehead atoms. The quantitative estimate of drug-likeness (QED) is 0.115. The molecule has 0 spiro atoms. The molecular weight excluding hydrogens is 730 g/mol. The van der Waals surface area contributed by atoms with Gasteiger partial charge in [0.15, 0.2) is 5.13 Å². The number of fused-ring (bicyclic) bond motifs is 1. The Morgan fingerprint density at radius 1 is 0.922 bits per heavy atom. The third-order valence-electron chi connectivity index (χ3n) is 8.93. The zero-order valence-electron chi connectivity index (χ0n) is 28.4. The van der Waals surface area contributed by atoms with Crippen LogP contribution in [0.1, 0.15) is 49.0 Å². The van der Waals surface area contributed by atoms with Crippen LogP contribution in [0.15, 0.2) is 118 Å². The molecule has 0 radical (unpaired) electrons. The van der Waals surface area contributed by atoms with E-state index in [1.807, 2.05) is 62.4 Å². The van der Waals surface area contributed by atoms with Crippen LogP contribution < -0.4 is 24.4 Å². The number of rotatable bonds is 13. The lowest BCUT2D eigenvalue weighted by molar-refractivity contribution is 0.244. The van der Waals surface area contributed by atoms with Gasteiger partial charge in [-0.05, 0) is 72.2 Å². The van der Waals surface area contributed by atoms with E-state index in [-0.39, 0.29) is 28.8 Å². The van der Waals surface area contributed by atoms with Crippen molar-refractivity contribution in [1.29, 1.82) is 0 Å². The summed E-state index contributed by atoms with van der Waals surface area (Å²) in [5.41, 5.74) is 0.974. The molecular formula is C38H37Cl2FN4O4S2. The molecule has 6 rings (SSSR count). The Morgan fingerprint density at radius 2 is 1.61 bits per heavy atom. The number of allylic oxidation sites excluding steroid dienone is 1. The highest BCUT2D eigenvalue weighted by Crippen LogP contribution is 2.42. The van der Waals surface area contributed by atoms with Crippen molar-refractivity contribution in [2.75, 3.05) is 18.5 Å². The summed E-state index contributed by atoms with van der Waals surface area (Å²) in [6.45, 7) is 3.71. The fourth-order valence-corrected chi connectivity index (χ4v) is 9.07. The fourth-order valence-electron chi connectivity index (χ4n) is 6.20. The third kappa shape index (κ3) is 7.79. The molecule has 2 N–H and O–H groups in total. The predicted octanol–water partition coefficient (Wildman–Crippen LogP) is 9.41. The standard InChI is InChI=1S/C38H37Cl2FN4O4S2/c1-24(26-11-14-31(39)15-12-26)43-38(44-25(2)28-10-9-27-7-5-6-8-29(27)19-28)22-33(41)35(21-36(38)40)51(46,47)45(37-42-17-18-50-37)23-30-13-16-32(48-3)20-34(30)49-4/h5-21,24-25,43-44H,22-23H2,1-4H3/t24?,25?,38-/m0/s1. The molecule has 1 heterocycles. The Balaban J connectivity index is 1.38. The summed E-state index contributed by atoms with van der Waals surface area (Å²) in [7, 11) is -1.53. The van der Waals surface area contributed by atoms with Gasteiger partial charge in [0.2, 0.25) is 0 Å². The number of hydrogen-bond donors (Lipinski definition) is 2. The minimum Gasteiger partial charge on any atom is -0.497 e. The molecule has 266 valence electrons. The summed E-state index contributed by atoms with van der Waals surface area (Å²) in [6, 6.07) is 25.8. The van der Waals surface area contributed by atoms with Crippen molar-refractivity contribution in [3.8, 4) is 11.5 Å². The number of halogens is 3. The van der Waals surface area contributed by atoms with Crippen molar-refractivity contribution >= 4 is 60.5 Å². The van der Waals surface area contributed by atoms with Gasteiger partial charge in [-0.15, -0.1) is 11.3 Å². The van der Waals surface area contributed by atoms with E-state index < -0.39 is 32.8 Å². The summed E-state index contributed by atoms with van der Waals surface area (Å²) in [5.74, 6) is 0.0813. The average molecular weight is 768 g/mol. The molecule has 8 nitrogen and oxygen atoms in total. The number of benzene rings is 4. The van der Waals surface area contributed by atoms with E-state index in [0.29, 0.717) is 22.1 Å². The first kappa shape index (κ1) is 36.8. The number of thiazole rings is 1. The number of nitrogens with zero attached hydrogens (tertiary/aromatic N) is 2. The van der Waals surface area contributed by atoms with Gasteiger partial charge in [0.25, 0.3) is 10.0 Å². The van der Waals surface area contributed by atoms with E-state index in [1.165, 1.54) is 26.5 Å². The lowest BCUT2D eigenvalue weighted by Crippen LogP contribution is -2.59. The molecule has 5 aromatic rings. The van der Waals surface area contributed by atoms with Crippen molar-refractivity contribution in [1.82, 2.24) is 15.6 Å². The molecule has 0 saturated carbocycles. The van der Waals surface area contributed by atoms with Gasteiger partial charge in [-0.25, -0.2) is 22.1 Å². The van der Waals surface area contributed by atoms with Gasteiger partial charge in [0.05, 0.1) is 25.8 Å². The number of hydrogen-bond acceptors (Lipinski definition) is 8.